The molecule has 7 heteroatoms. The summed E-state index contributed by atoms with van der Waals surface area (Å²) >= 11 is 1.83. The van der Waals surface area contributed by atoms with Crippen LogP contribution in [0.25, 0.3) is 0 Å². The molecule has 0 bridgehead atoms. The van der Waals surface area contributed by atoms with Gasteiger partial charge in [-0.3, -0.25) is 4.99 Å². The molecular weight excluding hydrogens is 360 g/mol. The number of nitrogens with one attached hydrogen (secondary N) is 2. The molecule has 2 fully saturated rings. The van der Waals surface area contributed by atoms with Gasteiger partial charge in [0.05, 0.1) is 18.2 Å². The predicted octanol–water partition coefficient (Wildman–Crippen LogP) is 2.72. The zero-order valence-corrected chi connectivity index (χ0v) is 17.3. The SMILES string of the molecule is CCNC(=NCCCOCC1CCOC1)NC1CCN(c2cccs2)CC1. The molecule has 2 aliphatic rings. The molecule has 0 amide bonds. The topological polar surface area (TPSA) is 58.1 Å². The van der Waals surface area contributed by atoms with Gasteiger partial charge in [0.25, 0.3) is 0 Å². The van der Waals surface area contributed by atoms with Crippen LogP contribution >= 0.6 is 11.3 Å². The lowest BCUT2D eigenvalue weighted by Crippen LogP contribution is -2.48. The molecule has 0 saturated carbocycles. The van der Waals surface area contributed by atoms with Crippen molar-refractivity contribution in [3.05, 3.63) is 17.5 Å². The summed E-state index contributed by atoms with van der Waals surface area (Å²) in [4.78, 5) is 7.21. The number of guanidine groups is 1. The monoisotopic (exact) mass is 394 g/mol. The van der Waals surface area contributed by atoms with E-state index in [1.165, 1.54) is 5.00 Å². The Labute approximate surface area is 167 Å². The first-order valence-electron chi connectivity index (χ1n) is 10.3. The van der Waals surface area contributed by atoms with Gasteiger partial charge in [0.1, 0.15) is 0 Å². The van der Waals surface area contributed by atoms with E-state index in [0.29, 0.717) is 12.0 Å². The first-order valence-corrected chi connectivity index (χ1v) is 11.2. The molecule has 3 rings (SSSR count). The Morgan fingerprint density at radius 3 is 2.96 bits per heavy atom. The molecule has 27 heavy (non-hydrogen) atoms. The molecule has 0 aliphatic carbocycles. The molecule has 0 radical (unpaired) electrons. The molecular formula is C20H34N4O2S. The van der Waals surface area contributed by atoms with Gasteiger partial charge in [0, 0.05) is 51.4 Å². The van der Waals surface area contributed by atoms with Crippen LogP contribution in [-0.2, 0) is 9.47 Å². The highest BCUT2D eigenvalue weighted by atomic mass is 32.1. The van der Waals surface area contributed by atoms with Crippen LogP contribution in [0.3, 0.4) is 0 Å². The van der Waals surface area contributed by atoms with E-state index in [-0.39, 0.29) is 0 Å². The second-order valence-electron chi connectivity index (χ2n) is 7.28. The molecule has 1 aromatic rings. The molecule has 6 nitrogen and oxygen atoms in total. The minimum absolute atomic E-state index is 0.498. The summed E-state index contributed by atoms with van der Waals surface area (Å²) in [6.45, 7) is 9.36. The summed E-state index contributed by atoms with van der Waals surface area (Å²) in [6, 6.07) is 4.84. The summed E-state index contributed by atoms with van der Waals surface area (Å²) in [5.41, 5.74) is 0. The number of nitrogens with zero attached hydrogens (tertiary/aromatic N) is 2. The van der Waals surface area contributed by atoms with Crippen LogP contribution in [0, 0.1) is 5.92 Å². The Balaban J connectivity index is 1.32. The Morgan fingerprint density at radius 2 is 2.26 bits per heavy atom. The molecule has 1 atom stereocenters. The average Bonchev–Trinajstić information content (AvgIpc) is 3.39. The first kappa shape index (κ1) is 20.4. The van der Waals surface area contributed by atoms with Crippen molar-refractivity contribution in [1.29, 1.82) is 0 Å². The van der Waals surface area contributed by atoms with E-state index in [2.05, 4.69) is 40.0 Å². The van der Waals surface area contributed by atoms with Crippen LogP contribution in [0.1, 0.15) is 32.6 Å². The van der Waals surface area contributed by atoms with Gasteiger partial charge >= 0.3 is 0 Å². The quantitative estimate of drug-likeness (QED) is 0.383. The normalized spacial score (nSPS) is 21.6. The lowest BCUT2D eigenvalue weighted by Gasteiger charge is -2.33. The molecule has 1 unspecified atom stereocenters. The molecule has 0 aromatic carbocycles. The van der Waals surface area contributed by atoms with E-state index in [4.69, 9.17) is 14.5 Å². The average molecular weight is 395 g/mol. The van der Waals surface area contributed by atoms with Crippen LogP contribution in [0.4, 0.5) is 5.00 Å². The van der Waals surface area contributed by atoms with Gasteiger partial charge in [-0.2, -0.15) is 0 Å². The van der Waals surface area contributed by atoms with E-state index in [0.717, 1.165) is 84.2 Å². The fourth-order valence-electron chi connectivity index (χ4n) is 3.53. The number of anilines is 1. The number of ether oxygens (including phenoxy) is 2. The standard InChI is InChI=1S/C20H34N4O2S/c1-2-21-20(22-9-4-12-25-15-17-8-13-26-16-17)23-18-6-10-24(11-7-18)19-5-3-14-27-19/h3,5,14,17-18H,2,4,6-13,15-16H2,1H3,(H2,21,22,23). The largest absolute Gasteiger partial charge is 0.381 e. The minimum atomic E-state index is 0.498. The number of thiophene rings is 1. The number of piperidine rings is 1. The van der Waals surface area contributed by atoms with Crippen LogP contribution in [0.15, 0.2) is 22.5 Å². The fourth-order valence-corrected chi connectivity index (χ4v) is 4.32. The smallest absolute Gasteiger partial charge is 0.191 e. The van der Waals surface area contributed by atoms with Gasteiger partial charge in [-0.05, 0) is 50.1 Å². The summed E-state index contributed by atoms with van der Waals surface area (Å²) in [7, 11) is 0. The van der Waals surface area contributed by atoms with Crippen LogP contribution in [0.5, 0.6) is 0 Å². The highest BCUT2D eigenvalue weighted by molar-refractivity contribution is 7.14. The first-order chi connectivity index (χ1) is 13.3. The number of hydrogen-bond donors (Lipinski definition) is 2. The molecule has 2 N–H and O–H groups in total. The molecule has 1 aromatic heterocycles. The Kier molecular flexibility index (Phi) is 8.71. The van der Waals surface area contributed by atoms with Crippen molar-refractivity contribution >= 4 is 22.3 Å². The van der Waals surface area contributed by atoms with Crippen molar-refractivity contribution in [2.24, 2.45) is 10.9 Å². The van der Waals surface area contributed by atoms with Crippen molar-refractivity contribution in [3.8, 4) is 0 Å². The Morgan fingerprint density at radius 1 is 1.37 bits per heavy atom. The molecule has 3 heterocycles. The zero-order chi connectivity index (χ0) is 18.7. The third kappa shape index (κ3) is 6.97. The molecule has 2 saturated heterocycles. The maximum atomic E-state index is 5.76. The molecule has 2 aliphatic heterocycles. The van der Waals surface area contributed by atoms with Crippen LogP contribution in [0.2, 0.25) is 0 Å². The number of hydrogen-bond acceptors (Lipinski definition) is 5. The summed E-state index contributed by atoms with van der Waals surface area (Å²) < 4.78 is 11.1. The Bertz CT molecular complexity index is 538. The van der Waals surface area contributed by atoms with Crippen molar-refractivity contribution in [2.75, 3.05) is 57.5 Å². The fraction of sp³-hybridized carbons (Fsp3) is 0.750. The summed E-state index contributed by atoms with van der Waals surface area (Å²) in [5.74, 6) is 1.53. The lowest BCUT2D eigenvalue weighted by atomic mass is 10.1. The molecule has 152 valence electrons. The van der Waals surface area contributed by atoms with E-state index in [1.807, 2.05) is 11.3 Å². The van der Waals surface area contributed by atoms with Gasteiger partial charge in [-0.25, -0.2) is 0 Å². The van der Waals surface area contributed by atoms with E-state index in [1.54, 1.807) is 0 Å². The Hall–Kier alpha value is -1.31. The third-order valence-electron chi connectivity index (χ3n) is 5.09. The summed E-state index contributed by atoms with van der Waals surface area (Å²) in [5, 5.41) is 10.5. The third-order valence-corrected chi connectivity index (χ3v) is 6.02. The van der Waals surface area contributed by atoms with Crippen molar-refractivity contribution in [2.45, 2.75) is 38.6 Å². The van der Waals surface area contributed by atoms with Crippen molar-refractivity contribution < 1.29 is 9.47 Å². The van der Waals surface area contributed by atoms with Gasteiger partial charge in [0.2, 0.25) is 0 Å². The van der Waals surface area contributed by atoms with Crippen molar-refractivity contribution in [1.82, 2.24) is 10.6 Å². The highest BCUT2D eigenvalue weighted by Gasteiger charge is 2.20. The van der Waals surface area contributed by atoms with Gasteiger partial charge < -0.3 is 25.0 Å². The second-order valence-corrected chi connectivity index (χ2v) is 8.20. The predicted molar refractivity (Wildman–Crippen MR) is 113 cm³/mol. The van der Waals surface area contributed by atoms with E-state index < -0.39 is 0 Å². The van der Waals surface area contributed by atoms with E-state index >= 15 is 0 Å². The second kappa shape index (κ2) is 11.5. The van der Waals surface area contributed by atoms with E-state index in [9.17, 15) is 0 Å². The van der Waals surface area contributed by atoms with Gasteiger partial charge in [-0.15, -0.1) is 11.3 Å². The van der Waals surface area contributed by atoms with Gasteiger partial charge in [0.15, 0.2) is 5.96 Å². The minimum Gasteiger partial charge on any atom is -0.381 e. The highest BCUT2D eigenvalue weighted by Crippen LogP contribution is 2.24. The lowest BCUT2D eigenvalue weighted by molar-refractivity contribution is 0.0893. The maximum Gasteiger partial charge on any atom is 0.191 e. The molecule has 0 spiro atoms. The van der Waals surface area contributed by atoms with Gasteiger partial charge in [-0.1, -0.05) is 0 Å². The number of aliphatic imine (C=N–C) groups is 1. The van der Waals surface area contributed by atoms with Crippen molar-refractivity contribution in [3.63, 3.8) is 0 Å². The van der Waals surface area contributed by atoms with Crippen LogP contribution in [-0.4, -0.2) is 64.6 Å². The summed E-state index contributed by atoms with van der Waals surface area (Å²) in [6.07, 6.45) is 4.39. The maximum absolute atomic E-state index is 5.76. The van der Waals surface area contributed by atoms with Crippen LogP contribution < -0.4 is 15.5 Å². The number of rotatable bonds is 9. The zero-order valence-electron chi connectivity index (χ0n) is 16.5.